The maximum absolute atomic E-state index is 12.6. The molecule has 1 aliphatic carbocycles. The molecule has 1 heterocycles. The zero-order valence-corrected chi connectivity index (χ0v) is 15.7. The van der Waals surface area contributed by atoms with E-state index in [2.05, 4.69) is 20.4 Å². The second-order valence-electron chi connectivity index (χ2n) is 6.88. The molecule has 2 atom stereocenters. The van der Waals surface area contributed by atoms with Crippen molar-refractivity contribution in [3.8, 4) is 0 Å². The predicted octanol–water partition coefficient (Wildman–Crippen LogP) is 3.23. The smallest absolute Gasteiger partial charge is 0.337 e. The van der Waals surface area contributed by atoms with Gasteiger partial charge in [-0.2, -0.15) is 0 Å². The lowest BCUT2D eigenvalue weighted by Crippen LogP contribution is -2.20. The van der Waals surface area contributed by atoms with Crippen LogP contribution >= 0.6 is 0 Å². The van der Waals surface area contributed by atoms with Gasteiger partial charge in [0, 0.05) is 17.3 Å². The molecule has 0 aliphatic heterocycles. The number of amides is 2. The molecule has 1 saturated carbocycles. The second kappa shape index (κ2) is 7.71. The van der Waals surface area contributed by atoms with Gasteiger partial charge in [0.25, 0.3) is 0 Å². The number of fused-ring (bicyclic) bond motifs is 1. The van der Waals surface area contributed by atoms with Crippen LogP contribution in [-0.2, 0) is 14.3 Å². The van der Waals surface area contributed by atoms with Crippen LogP contribution in [0.15, 0.2) is 60.8 Å². The van der Waals surface area contributed by atoms with E-state index in [0.717, 1.165) is 10.9 Å². The molecule has 7 nitrogen and oxygen atoms in total. The summed E-state index contributed by atoms with van der Waals surface area (Å²) in [6, 6.07) is 15.8. The Bertz CT molecular complexity index is 1090. The van der Waals surface area contributed by atoms with Gasteiger partial charge in [0.1, 0.15) is 0 Å². The first-order chi connectivity index (χ1) is 14.1. The van der Waals surface area contributed by atoms with Crippen molar-refractivity contribution in [2.75, 3.05) is 17.7 Å². The lowest BCUT2D eigenvalue weighted by molar-refractivity contribution is -0.122. The van der Waals surface area contributed by atoms with Crippen LogP contribution in [-0.4, -0.2) is 29.9 Å². The van der Waals surface area contributed by atoms with E-state index in [-0.39, 0.29) is 23.7 Å². The molecule has 29 heavy (non-hydrogen) atoms. The van der Waals surface area contributed by atoms with E-state index in [9.17, 15) is 14.4 Å². The number of aromatic nitrogens is 1. The number of carbonyl (C=O) groups excluding carboxylic acids is 3. The molecule has 1 aliphatic rings. The van der Waals surface area contributed by atoms with Gasteiger partial charge in [0.15, 0.2) is 0 Å². The van der Waals surface area contributed by atoms with Gasteiger partial charge in [0.2, 0.25) is 11.8 Å². The van der Waals surface area contributed by atoms with Gasteiger partial charge in [-0.05, 0) is 42.8 Å². The molecule has 0 saturated heterocycles. The number of ether oxygens (including phenoxy) is 1. The summed E-state index contributed by atoms with van der Waals surface area (Å²) in [6.07, 6.45) is 2.17. The number of anilines is 2. The maximum atomic E-state index is 12.6. The van der Waals surface area contributed by atoms with Crippen LogP contribution in [0.2, 0.25) is 0 Å². The van der Waals surface area contributed by atoms with Gasteiger partial charge in [-0.15, -0.1) is 0 Å². The fraction of sp³-hybridized carbons (Fsp3) is 0.182. The summed E-state index contributed by atoms with van der Waals surface area (Å²) in [5, 5.41) is 6.61. The van der Waals surface area contributed by atoms with Gasteiger partial charge in [-0.25, -0.2) is 4.79 Å². The van der Waals surface area contributed by atoms with Gasteiger partial charge in [-0.1, -0.05) is 18.2 Å². The third-order valence-electron chi connectivity index (χ3n) is 4.93. The average Bonchev–Trinajstić information content (AvgIpc) is 3.55. The van der Waals surface area contributed by atoms with Crippen LogP contribution in [0.25, 0.3) is 10.9 Å². The van der Waals surface area contributed by atoms with E-state index in [1.165, 1.54) is 7.11 Å². The number of hydrogen-bond donors (Lipinski definition) is 2. The Hall–Kier alpha value is -3.74. The minimum atomic E-state index is -0.440. The zero-order chi connectivity index (χ0) is 20.4. The molecule has 0 spiro atoms. The molecule has 4 rings (SSSR count). The number of methoxy groups -OCH3 is 1. The summed E-state index contributed by atoms with van der Waals surface area (Å²) in [7, 11) is 1.31. The number of nitrogens with zero attached hydrogens (tertiary/aromatic N) is 1. The van der Waals surface area contributed by atoms with Crippen molar-refractivity contribution in [3.05, 3.63) is 66.4 Å². The molecular formula is C22H19N3O4. The molecule has 2 N–H and O–H groups in total. The lowest BCUT2D eigenvalue weighted by atomic mass is 10.2. The standard InChI is InChI=1S/C22H19N3O4/c1-29-22(28)14-7-9-15(10-8-14)24-20(26)16-12-17(16)21(27)25-18-6-2-4-13-5-3-11-23-19(13)18/h2-11,16-17H,12H2,1H3,(H,24,26)(H,25,27). The Balaban J connectivity index is 1.37. The van der Waals surface area contributed by atoms with Crippen LogP contribution in [0.3, 0.4) is 0 Å². The number of esters is 1. The Labute approximate surface area is 167 Å². The molecule has 1 aromatic heterocycles. The van der Waals surface area contributed by atoms with Crippen LogP contribution in [0.5, 0.6) is 0 Å². The molecule has 7 heteroatoms. The van der Waals surface area contributed by atoms with E-state index < -0.39 is 5.97 Å². The summed E-state index contributed by atoms with van der Waals surface area (Å²) in [4.78, 5) is 40.8. The van der Waals surface area contributed by atoms with Crippen molar-refractivity contribution < 1.29 is 19.1 Å². The van der Waals surface area contributed by atoms with Crippen LogP contribution in [0.1, 0.15) is 16.8 Å². The van der Waals surface area contributed by atoms with Crippen LogP contribution < -0.4 is 10.6 Å². The Morgan fingerprint density at radius 3 is 2.34 bits per heavy atom. The van der Waals surface area contributed by atoms with Gasteiger partial charge < -0.3 is 15.4 Å². The van der Waals surface area contributed by atoms with Gasteiger partial charge >= 0.3 is 5.97 Å². The summed E-state index contributed by atoms with van der Waals surface area (Å²) in [5.74, 6) is -1.59. The number of rotatable bonds is 5. The molecule has 0 bridgehead atoms. The van der Waals surface area contributed by atoms with Gasteiger partial charge in [-0.3, -0.25) is 14.6 Å². The number of hydrogen-bond acceptors (Lipinski definition) is 5. The van der Waals surface area contributed by atoms with E-state index in [0.29, 0.717) is 23.4 Å². The first-order valence-corrected chi connectivity index (χ1v) is 9.20. The van der Waals surface area contributed by atoms with Gasteiger partial charge in [0.05, 0.1) is 35.7 Å². The number of benzene rings is 2. The second-order valence-corrected chi connectivity index (χ2v) is 6.88. The molecule has 0 radical (unpaired) electrons. The third kappa shape index (κ3) is 3.94. The largest absolute Gasteiger partial charge is 0.465 e. The normalized spacial score (nSPS) is 17.4. The highest BCUT2D eigenvalue weighted by Crippen LogP contribution is 2.40. The molecule has 2 unspecified atom stereocenters. The summed E-state index contributed by atoms with van der Waals surface area (Å²) in [5.41, 5.74) is 2.32. The van der Waals surface area contributed by atoms with E-state index in [1.807, 2.05) is 24.3 Å². The first-order valence-electron chi connectivity index (χ1n) is 9.20. The first kappa shape index (κ1) is 18.6. The van der Waals surface area contributed by atoms with Crippen LogP contribution in [0, 0.1) is 11.8 Å². The number of carbonyl (C=O) groups is 3. The topological polar surface area (TPSA) is 97.4 Å². The Kier molecular flexibility index (Phi) is 4.95. The highest BCUT2D eigenvalue weighted by atomic mass is 16.5. The number of para-hydroxylation sites is 1. The van der Waals surface area contributed by atoms with Crippen molar-refractivity contribution in [2.24, 2.45) is 11.8 Å². The van der Waals surface area contributed by atoms with E-state index in [4.69, 9.17) is 0 Å². The molecule has 2 amide bonds. The number of nitrogens with one attached hydrogen (secondary N) is 2. The monoisotopic (exact) mass is 389 g/mol. The fourth-order valence-electron chi connectivity index (χ4n) is 3.25. The Morgan fingerprint density at radius 2 is 1.62 bits per heavy atom. The van der Waals surface area contributed by atoms with Crippen molar-refractivity contribution in [1.29, 1.82) is 0 Å². The summed E-state index contributed by atoms with van der Waals surface area (Å²) in [6.45, 7) is 0. The molecule has 1 fully saturated rings. The average molecular weight is 389 g/mol. The van der Waals surface area contributed by atoms with Crippen molar-refractivity contribution in [1.82, 2.24) is 4.98 Å². The van der Waals surface area contributed by atoms with Crippen molar-refractivity contribution >= 4 is 40.1 Å². The minimum absolute atomic E-state index is 0.190. The van der Waals surface area contributed by atoms with E-state index in [1.54, 1.807) is 36.5 Å². The highest BCUT2D eigenvalue weighted by Gasteiger charge is 2.48. The van der Waals surface area contributed by atoms with Crippen molar-refractivity contribution in [2.45, 2.75) is 6.42 Å². The predicted molar refractivity (Wildman–Crippen MR) is 108 cm³/mol. The molecule has 3 aromatic rings. The highest BCUT2D eigenvalue weighted by molar-refractivity contribution is 6.06. The minimum Gasteiger partial charge on any atom is -0.465 e. The maximum Gasteiger partial charge on any atom is 0.337 e. The third-order valence-corrected chi connectivity index (χ3v) is 4.93. The fourth-order valence-corrected chi connectivity index (χ4v) is 3.25. The van der Waals surface area contributed by atoms with Crippen LogP contribution in [0.4, 0.5) is 11.4 Å². The Morgan fingerprint density at radius 1 is 0.931 bits per heavy atom. The zero-order valence-electron chi connectivity index (χ0n) is 15.7. The number of pyridine rings is 1. The summed E-state index contributed by atoms with van der Waals surface area (Å²) >= 11 is 0. The molecular weight excluding hydrogens is 370 g/mol. The van der Waals surface area contributed by atoms with E-state index >= 15 is 0 Å². The summed E-state index contributed by atoms with van der Waals surface area (Å²) < 4.78 is 4.65. The molecule has 146 valence electrons. The lowest BCUT2D eigenvalue weighted by Gasteiger charge is -2.08. The molecule has 2 aromatic carbocycles. The van der Waals surface area contributed by atoms with Crippen molar-refractivity contribution in [3.63, 3.8) is 0 Å². The quantitative estimate of drug-likeness (QED) is 0.653. The SMILES string of the molecule is COC(=O)c1ccc(NC(=O)C2CC2C(=O)Nc2cccc3cccnc23)cc1.